The largest absolute Gasteiger partial charge is 0.350 e. The number of nitrogens with one attached hydrogen (secondary N) is 1. The van der Waals surface area contributed by atoms with E-state index >= 15 is 0 Å². The molecule has 1 aliphatic carbocycles. The van der Waals surface area contributed by atoms with Gasteiger partial charge in [0.25, 0.3) is 0 Å². The highest BCUT2D eigenvalue weighted by atomic mass is 17.3. The summed E-state index contributed by atoms with van der Waals surface area (Å²) in [6.07, 6.45) is 3.14. The Hall–Kier alpha value is -0.930. The van der Waals surface area contributed by atoms with Crippen LogP contribution in [0.3, 0.4) is 0 Å². The maximum Gasteiger partial charge on any atom is 0.316 e. The van der Waals surface area contributed by atoms with E-state index in [0.717, 1.165) is 19.3 Å². The molecule has 5 fully saturated rings. The average Bonchev–Trinajstić information content (AvgIpc) is 2.88. The molecule has 1 saturated carbocycles. The van der Waals surface area contributed by atoms with E-state index in [9.17, 15) is 4.79 Å². The molecular formula is C20H34N2O6. The summed E-state index contributed by atoms with van der Waals surface area (Å²) in [7, 11) is 3.42. The van der Waals surface area contributed by atoms with Crippen molar-refractivity contribution < 1.29 is 28.8 Å². The predicted molar refractivity (Wildman–Crippen MR) is 99.9 cm³/mol. The summed E-state index contributed by atoms with van der Waals surface area (Å²) in [5.74, 6) is 0.508. The lowest BCUT2D eigenvalue weighted by Crippen LogP contribution is -2.70. The lowest BCUT2D eigenvalue weighted by atomic mass is 9.58. The number of carbonyl (C=O) groups is 1. The molecule has 0 aromatic heterocycles. The molecule has 0 radical (unpaired) electrons. The van der Waals surface area contributed by atoms with Crippen molar-refractivity contribution in [1.29, 1.82) is 0 Å². The van der Waals surface area contributed by atoms with Crippen LogP contribution in [-0.4, -0.2) is 62.1 Å². The Morgan fingerprint density at radius 1 is 1.18 bits per heavy atom. The predicted octanol–water partition coefficient (Wildman–Crippen LogP) is 2.48. The lowest BCUT2D eigenvalue weighted by Gasteiger charge is -2.60. The smallest absolute Gasteiger partial charge is 0.316 e. The van der Waals surface area contributed by atoms with Crippen molar-refractivity contribution in [2.45, 2.75) is 70.4 Å². The zero-order valence-corrected chi connectivity index (χ0v) is 17.6. The highest BCUT2D eigenvalue weighted by Gasteiger charge is 2.69. The summed E-state index contributed by atoms with van der Waals surface area (Å²) in [6.45, 7) is 7.20. The van der Waals surface area contributed by atoms with Crippen molar-refractivity contribution in [3.05, 3.63) is 0 Å². The number of amides is 2. The number of hydrogen-bond donors (Lipinski definition) is 1. The van der Waals surface area contributed by atoms with Crippen molar-refractivity contribution in [1.82, 2.24) is 10.2 Å². The van der Waals surface area contributed by atoms with E-state index in [4.69, 9.17) is 24.0 Å². The van der Waals surface area contributed by atoms with Crippen molar-refractivity contribution in [2.24, 2.45) is 23.7 Å². The fraction of sp³-hybridized carbons (Fsp3) is 0.950. The van der Waals surface area contributed by atoms with Gasteiger partial charge in [0.1, 0.15) is 0 Å². The number of hydrogen-bond acceptors (Lipinski definition) is 6. The second kappa shape index (κ2) is 7.40. The van der Waals surface area contributed by atoms with Crippen LogP contribution >= 0.6 is 0 Å². The third-order valence-electron chi connectivity index (χ3n) is 7.16. The van der Waals surface area contributed by atoms with Gasteiger partial charge in [0, 0.05) is 38.9 Å². The first-order valence-corrected chi connectivity index (χ1v) is 10.5. The van der Waals surface area contributed by atoms with Crippen molar-refractivity contribution in [3.63, 3.8) is 0 Å². The number of urea groups is 1. The van der Waals surface area contributed by atoms with Gasteiger partial charge in [-0.1, -0.05) is 13.8 Å². The summed E-state index contributed by atoms with van der Waals surface area (Å²) < 4.78 is 18.7. The van der Waals surface area contributed by atoms with E-state index in [1.807, 2.05) is 6.92 Å². The van der Waals surface area contributed by atoms with Crippen LogP contribution in [0.5, 0.6) is 0 Å². The van der Waals surface area contributed by atoms with Crippen LogP contribution in [0, 0.1) is 23.7 Å². The summed E-state index contributed by atoms with van der Waals surface area (Å²) in [5.41, 5.74) is -0.563. The van der Waals surface area contributed by atoms with E-state index in [1.54, 1.807) is 14.1 Å². The molecule has 1 spiro atoms. The monoisotopic (exact) mass is 398 g/mol. The maximum absolute atomic E-state index is 11.7. The molecule has 1 N–H and O–H groups in total. The van der Waals surface area contributed by atoms with Crippen molar-refractivity contribution >= 4 is 6.03 Å². The molecule has 8 nitrogen and oxygen atoms in total. The normalized spacial score (nSPS) is 47.2. The molecule has 8 atom stereocenters. The van der Waals surface area contributed by atoms with E-state index < -0.39 is 24.0 Å². The molecule has 5 rings (SSSR count). The van der Waals surface area contributed by atoms with Gasteiger partial charge < -0.3 is 24.4 Å². The Kier molecular flexibility index (Phi) is 5.37. The lowest BCUT2D eigenvalue weighted by molar-refractivity contribution is -0.577. The first-order chi connectivity index (χ1) is 13.3. The topological polar surface area (TPSA) is 78.5 Å². The fourth-order valence-corrected chi connectivity index (χ4v) is 5.55. The van der Waals surface area contributed by atoms with E-state index in [-0.39, 0.29) is 17.9 Å². The third kappa shape index (κ3) is 3.23. The van der Waals surface area contributed by atoms with E-state index in [1.165, 1.54) is 11.3 Å². The van der Waals surface area contributed by atoms with E-state index in [2.05, 4.69) is 19.2 Å². The molecule has 160 valence electrons. The van der Waals surface area contributed by atoms with Crippen LogP contribution in [0.25, 0.3) is 0 Å². The minimum Gasteiger partial charge on any atom is -0.350 e. The molecule has 4 aliphatic heterocycles. The summed E-state index contributed by atoms with van der Waals surface area (Å²) >= 11 is 0. The first kappa shape index (κ1) is 20.3. The Morgan fingerprint density at radius 3 is 2.71 bits per heavy atom. The number of rotatable bonds is 4. The standard InChI is InChI=1S/C20H34N2O6/c1-12-6-7-15-13(2)16(24-11-10-21-18(23)22(4)5)25-17-20(15)14(12)8-9-19(3,26-17)27-28-20/h12-17H,6-11H2,1-5H3,(H,21,23)/t12-,13-,14+,15+,16+,17-,19+,20-/m1/s1. The summed E-state index contributed by atoms with van der Waals surface area (Å²) in [6, 6.07) is -0.132. The molecule has 2 bridgehead atoms. The van der Waals surface area contributed by atoms with Gasteiger partial charge in [-0.2, -0.15) is 0 Å². The quantitative estimate of drug-likeness (QED) is 0.579. The van der Waals surface area contributed by atoms with Gasteiger partial charge in [-0.25, -0.2) is 14.6 Å². The fourth-order valence-electron chi connectivity index (χ4n) is 5.55. The minimum absolute atomic E-state index is 0.132. The van der Waals surface area contributed by atoms with Crippen molar-refractivity contribution in [2.75, 3.05) is 27.2 Å². The zero-order chi connectivity index (χ0) is 20.1. The van der Waals surface area contributed by atoms with E-state index in [0.29, 0.717) is 25.0 Å². The van der Waals surface area contributed by atoms with Crippen LogP contribution in [0.15, 0.2) is 0 Å². The zero-order valence-electron chi connectivity index (χ0n) is 17.6. The number of nitrogens with zero attached hydrogens (tertiary/aromatic N) is 1. The summed E-state index contributed by atoms with van der Waals surface area (Å²) in [4.78, 5) is 25.1. The molecule has 0 aromatic carbocycles. The average molecular weight is 399 g/mol. The maximum atomic E-state index is 11.7. The molecule has 8 heteroatoms. The Morgan fingerprint density at radius 2 is 1.96 bits per heavy atom. The van der Waals surface area contributed by atoms with Crippen LogP contribution in [0.2, 0.25) is 0 Å². The van der Waals surface area contributed by atoms with Gasteiger partial charge in [0.15, 0.2) is 18.2 Å². The molecule has 4 saturated heterocycles. The van der Waals surface area contributed by atoms with Gasteiger partial charge in [-0.15, -0.1) is 0 Å². The highest BCUT2D eigenvalue weighted by Crippen LogP contribution is 2.60. The second-order valence-corrected chi connectivity index (χ2v) is 9.27. The summed E-state index contributed by atoms with van der Waals surface area (Å²) in [5, 5.41) is 2.81. The Balaban J connectivity index is 1.48. The molecule has 2 amide bonds. The van der Waals surface area contributed by atoms with Gasteiger partial charge in [0.2, 0.25) is 5.79 Å². The van der Waals surface area contributed by atoms with Crippen molar-refractivity contribution in [3.8, 4) is 0 Å². The van der Waals surface area contributed by atoms with Gasteiger partial charge >= 0.3 is 6.03 Å². The van der Waals surface area contributed by atoms with Crippen LogP contribution in [0.1, 0.15) is 46.5 Å². The van der Waals surface area contributed by atoms with Gasteiger partial charge in [0.05, 0.1) is 6.61 Å². The molecule has 28 heavy (non-hydrogen) atoms. The SMILES string of the molecule is C[C@H]1[C@@H](OCCNC(=O)N(C)C)O[C@@H]2O[C@]3(C)CC[C@H]4[C@H](C)CC[C@@H]1[C@@]24OO3. The molecule has 5 aliphatic rings. The Labute approximate surface area is 167 Å². The number of carbonyl (C=O) groups excluding carboxylic acids is 1. The molecule has 0 aromatic rings. The third-order valence-corrected chi connectivity index (χ3v) is 7.16. The van der Waals surface area contributed by atoms with Crippen LogP contribution in [0.4, 0.5) is 4.79 Å². The minimum atomic E-state index is -0.775. The molecule has 4 heterocycles. The second-order valence-electron chi connectivity index (χ2n) is 9.27. The molecule has 0 unspecified atom stereocenters. The number of fused-ring (bicyclic) bond motifs is 2. The molecular weight excluding hydrogens is 364 g/mol. The first-order valence-electron chi connectivity index (χ1n) is 10.5. The van der Waals surface area contributed by atoms with Crippen LogP contribution in [-0.2, 0) is 24.0 Å². The van der Waals surface area contributed by atoms with Crippen LogP contribution < -0.4 is 5.32 Å². The van der Waals surface area contributed by atoms with Gasteiger partial charge in [-0.05, 0) is 38.0 Å². The Bertz CT molecular complexity index is 603. The number of ether oxygens (including phenoxy) is 3. The highest BCUT2D eigenvalue weighted by molar-refractivity contribution is 5.73. The van der Waals surface area contributed by atoms with Gasteiger partial charge in [-0.3, -0.25) is 0 Å².